The molecule has 2 aromatic carbocycles. The number of hydrogen-bond acceptors (Lipinski definition) is 4. The van der Waals surface area contributed by atoms with E-state index in [1.54, 1.807) is 0 Å². The van der Waals surface area contributed by atoms with Crippen molar-refractivity contribution in [3.8, 4) is 0 Å². The molecule has 0 unspecified atom stereocenters. The Labute approximate surface area is 142 Å². The van der Waals surface area contributed by atoms with Crippen LogP contribution in [0.4, 0.5) is 13.2 Å². The highest BCUT2D eigenvalue weighted by Crippen LogP contribution is 2.42. The lowest BCUT2D eigenvalue weighted by Crippen LogP contribution is -2.11. The second-order valence-electron chi connectivity index (χ2n) is 6.09. The van der Waals surface area contributed by atoms with Crippen molar-refractivity contribution in [2.24, 2.45) is 0 Å². The van der Waals surface area contributed by atoms with Crippen LogP contribution in [0.25, 0.3) is 0 Å². The lowest BCUT2D eigenvalue weighted by atomic mass is 9.94. The lowest BCUT2D eigenvalue weighted by molar-refractivity contribution is 0.0907. The van der Waals surface area contributed by atoms with E-state index in [0.717, 1.165) is 24.5 Å². The maximum absolute atomic E-state index is 14.0. The van der Waals surface area contributed by atoms with Crippen molar-refractivity contribution in [1.82, 2.24) is 0 Å². The number of rotatable bonds is 3. The number of halogens is 3. The molecular weight excluding hydrogens is 357 g/mol. The fourth-order valence-electron chi connectivity index (χ4n) is 3.19. The number of aliphatic hydroxyl groups is 2. The van der Waals surface area contributed by atoms with Crippen molar-refractivity contribution in [2.45, 2.75) is 29.7 Å². The Hall–Kier alpha value is -1.90. The summed E-state index contributed by atoms with van der Waals surface area (Å²) in [6.07, 6.45) is -4.24. The number of sulfone groups is 1. The summed E-state index contributed by atoms with van der Waals surface area (Å²) in [5.74, 6) is -1.77. The van der Waals surface area contributed by atoms with Gasteiger partial charge in [0.1, 0.15) is 30.0 Å². The molecule has 0 radical (unpaired) electrons. The molecule has 0 amide bonds. The van der Waals surface area contributed by atoms with Crippen LogP contribution in [0.2, 0.25) is 0 Å². The molecule has 4 nitrogen and oxygen atoms in total. The van der Waals surface area contributed by atoms with E-state index in [1.165, 1.54) is 6.07 Å². The van der Waals surface area contributed by atoms with Crippen LogP contribution >= 0.6 is 0 Å². The molecule has 25 heavy (non-hydrogen) atoms. The summed E-state index contributed by atoms with van der Waals surface area (Å²) in [5, 5.41) is 20.5. The molecule has 0 bridgehead atoms. The van der Waals surface area contributed by atoms with Gasteiger partial charge in [0.05, 0.1) is 4.90 Å². The topological polar surface area (TPSA) is 74.6 Å². The zero-order valence-electron chi connectivity index (χ0n) is 13.1. The highest BCUT2D eigenvalue weighted by atomic mass is 32.2. The molecule has 1 aliphatic rings. The van der Waals surface area contributed by atoms with Crippen molar-refractivity contribution in [2.75, 3.05) is 6.26 Å². The Morgan fingerprint density at radius 3 is 2.32 bits per heavy atom. The predicted octanol–water partition coefficient (Wildman–Crippen LogP) is 2.38. The van der Waals surface area contributed by atoms with E-state index in [0.29, 0.717) is 6.07 Å². The molecule has 2 N–H and O–H groups in total. The standard InChI is InChI=1S/C17H15F3O4S/c1-25(23,24)14-3-2-11(12-7-13(20)17(22)15(12)14)16(21)8-4-9(18)6-10(19)5-8/h2-6,13,16-17,21-22H,7H2,1H3/t13-,16+,17-/m1/s1. The van der Waals surface area contributed by atoms with Crippen molar-refractivity contribution in [1.29, 1.82) is 0 Å². The number of aliphatic hydroxyl groups excluding tert-OH is 2. The molecule has 2 aromatic rings. The van der Waals surface area contributed by atoms with Crippen LogP contribution in [-0.2, 0) is 16.3 Å². The SMILES string of the molecule is CS(=O)(=O)c1ccc([C@@H](O)c2cc(F)cc(F)c2)c2c1[C@H](O)[C@H](F)C2. The highest BCUT2D eigenvalue weighted by Gasteiger charge is 2.38. The second kappa shape index (κ2) is 6.12. The third-order valence-electron chi connectivity index (χ3n) is 4.29. The molecule has 0 spiro atoms. The van der Waals surface area contributed by atoms with Gasteiger partial charge in [-0.3, -0.25) is 0 Å². The van der Waals surface area contributed by atoms with E-state index in [1.807, 2.05) is 0 Å². The van der Waals surface area contributed by atoms with Gasteiger partial charge in [-0.05, 0) is 34.9 Å². The van der Waals surface area contributed by atoms with E-state index >= 15 is 0 Å². The molecule has 0 heterocycles. The summed E-state index contributed by atoms with van der Waals surface area (Å²) in [7, 11) is -3.73. The van der Waals surface area contributed by atoms with E-state index in [9.17, 15) is 31.8 Å². The summed E-state index contributed by atoms with van der Waals surface area (Å²) in [5.41, 5.74) is 0.0405. The zero-order valence-corrected chi connectivity index (χ0v) is 13.9. The van der Waals surface area contributed by atoms with E-state index in [-0.39, 0.29) is 33.6 Å². The van der Waals surface area contributed by atoms with E-state index < -0.39 is 39.9 Å². The van der Waals surface area contributed by atoms with Crippen LogP contribution in [0.1, 0.15) is 34.5 Å². The highest BCUT2D eigenvalue weighted by molar-refractivity contribution is 7.90. The molecular formula is C17H15F3O4S. The number of hydrogen-bond donors (Lipinski definition) is 2. The van der Waals surface area contributed by atoms with Gasteiger partial charge in [-0.1, -0.05) is 6.07 Å². The summed E-state index contributed by atoms with van der Waals surface area (Å²) in [6.45, 7) is 0. The van der Waals surface area contributed by atoms with E-state index in [2.05, 4.69) is 0 Å². The number of benzene rings is 2. The third-order valence-corrected chi connectivity index (χ3v) is 5.44. The summed E-state index contributed by atoms with van der Waals surface area (Å²) in [6, 6.07) is 4.94. The number of alkyl halides is 1. The first-order chi connectivity index (χ1) is 11.6. The van der Waals surface area contributed by atoms with Crippen molar-refractivity contribution in [3.05, 3.63) is 64.2 Å². The second-order valence-corrected chi connectivity index (χ2v) is 8.07. The molecule has 1 aliphatic carbocycles. The maximum Gasteiger partial charge on any atom is 0.175 e. The number of fused-ring (bicyclic) bond motifs is 1. The fourth-order valence-corrected chi connectivity index (χ4v) is 4.15. The first-order valence-corrected chi connectivity index (χ1v) is 9.30. The van der Waals surface area contributed by atoms with Crippen LogP contribution in [-0.4, -0.2) is 31.1 Å². The lowest BCUT2D eigenvalue weighted by Gasteiger charge is -2.18. The van der Waals surface area contributed by atoms with Crippen LogP contribution in [0.5, 0.6) is 0 Å². The minimum absolute atomic E-state index is 0.0939. The van der Waals surface area contributed by atoms with Gasteiger partial charge in [0.15, 0.2) is 9.84 Å². The molecule has 8 heteroatoms. The molecule has 134 valence electrons. The predicted molar refractivity (Wildman–Crippen MR) is 83.5 cm³/mol. The monoisotopic (exact) mass is 372 g/mol. The quantitative estimate of drug-likeness (QED) is 0.868. The Kier molecular flexibility index (Phi) is 4.38. The Balaban J connectivity index is 2.19. The van der Waals surface area contributed by atoms with Gasteiger partial charge < -0.3 is 10.2 Å². The van der Waals surface area contributed by atoms with Gasteiger partial charge in [-0.2, -0.15) is 0 Å². The van der Waals surface area contributed by atoms with E-state index in [4.69, 9.17) is 0 Å². The first kappa shape index (κ1) is 17.9. The summed E-state index contributed by atoms with van der Waals surface area (Å²) < 4.78 is 64.6. The fraction of sp³-hybridized carbons (Fsp3) is 0.294. The van der Waals surface area contributed by atoms with Crippen LogP contribution < -0.4 is 0 Å². The van der Waals surface area contributed by atoms with Gasteiger partial charge in [0.25, 0.3) is 0 Å². The summed E-state index contributed by atoms with van der Waals surface area (Å²) in [4.78, 5) is -0.225. The summed E-state index contributed by atoms with van der Waals surface area (Å²) >= 11 is 0. The van der Waals surface area contributed by atoms with Gasteiger partial charge in [-0.25, -0.2) is 21.6 Å². The van der Waals surface area contributed by atoms with Crippen LogP contribution in [0.15, 0.2) is 35.2 Å². The normalized spacial score (nSPS) is 21.2. The molecule has 0 aromatic heterocycles. The van der Waals surface area contributed by atoms with Gasteiger partial charge >= 0.3 is 0 Å². The average molecular weight is 372 g/mol. The zero-order chi connectivity index (χ0) is 18.5. The molecule has 0 saturated heterocycles. The largest absolute Gasteiger partial charge is 0.385 e. The molecule has 0 fully saturated rings. The minimum Gasteiger partial charge on any atom is -0.385 e. The van der Waals surface area contributed by atoms with Crippen LogP contribution in [0, 0.1) is 11.6 Å². The Bertz CT molecular complexity index is 923. The molecule has 3 rings (SSSR count). The maximum atomic E-state index is 14.0. The van der Waals surface area contributed by atoms with Gasteiger partial charge in [0, 0.05) is 24.3 Å². The first-order valence-electron chi connectivity index (χ1n) is 7.41. The molecule has 0 saturated carbocycles. The minimum atomic E-state index is -3.73. The smallest absolute Gasteiger partial charge is 0.175 e. The Morgan fingerprint density at radius 2 is 1.76 bits per heavy atom. The van der Waals surface area contributed by atoms with Crippen molar-refractivity contribution < 1.29 is 31.8 Å². The van der Waals surface area contributed by atoms with Crippen molar-refractivity contribution >= 4 is 9.84 Å². The van der Waals surface area contributed by atoms with Crippen molar-refractivity contribution in [3.63, 3.8) is 0 Å². The third kappa shape index (κ3) is 3.17. The van der Waals surface area contributed by atoms with Gasteiger partial charge in [-0.15, -0.1) is 0 Å². The average Bonchev–Trinajstić information content (AvgIpc) is 2.79. The molecule has 3 atom stereocenters. The molecule has 0 aliphatic heterocycles. The van der Waals surface area contributed by atoms with Crippen LogP contribution in [0.3, 0.4) is 0 Å². The Morgan fingerprint density at radius 1 is 1.16 bits per heavy atom. The van der Waals surface area contributed by atoms with Gasteiger partial charge in [0.2, 0.25) is 0 Å².